The smallest absolute Gasteiger partial charge is 0.256 e. The summed E-state index contributed by atoms with van der Waals surface area (Å²) in [6.07, 6.45) is 2.22. The van der Waals surface area contributed by atoms with Crippen molar-refractivity contribution in [1.29, 1.82) is 0 Å². The first-order chi connectivity index (χ1) is 17.5. The molecule has 0 radical (unpaired) electrons. The molecule has 1 aliphatic heterocycles. The lowest BCUT2D eigenvalue weighted by molar-refractivity contribution is -0.308. The van der Waals surface area contributed by atoms with Gasteiger partial charge < -0.3 is 23.8 Å². The third-order valence-corrected chi connectivity index (χ3v) is 6.11. The normalized spacial score (nSPS) is 24.3. The van der Waals surface area contributed by atoms with Crippen molar-refractivity contribution in [3.8, 4) is 17.1 Å². The molecule has 0 N–H and O–H groups in total. The van der Waals surface area contributed by atoms with Gasteiger partial charge in [-0.15, -0.1) is 5.10 Å². The van der Waals surface area contributed by atoms with Gasteiger partial charge in [0.1, 0.15) is 18.5 Å². The van der Waals surface area contributed by atoms with E-state index >= 15 is 0 Å². The Kier molecular flexibility index (Phi) is 8.82. The molecule has 1 fully saturated rings. The summed E-state index contributed by atoms with van der Waals surface area (Å²) in [5, 5.41) is 8.74. The first-order valence-electron chi connectivity index (χ1n) is 12.1. The van der Waals surface area contributed by atoms with Crippen molar-refractivity contribution in [2.24, 2.45) is 5.16 Å². The van der Waals surface area contributed by atoms with E-state index in [2.05, 4.69) is 41.2 Å². The van der Waals surface area contributed by atoms with Crippen LogP contribution in [0.25, 0.3) is 17.1 Å². The van der Waals surface area contributed by atoms with Gasteiger partial charge in [0.05, 0.1) is 18.0 Å². The minimum Gasteiger partial charge on any atom is -0.376 e. The van der Waals surface area contributed by atoms with Gasteiger partial charge in [-0.25, -0.2) is 9.67 Å². The van der Waals surface area contributed by atoms with Crippen molar-refractivity contribution in [2.45, 2.75) is 57.9 Å². The summed E-state index contributed by atoms with van der Waals surface area (Å²) < 4.78 is 25.0. The molecule has 0 amide bonds. The monoisotopic (exact) mass is 494 g/mol. The second-order valence-corrected chi connectivity index (χ2v) is 8.76. The SMILES string of the molecule is CCCO[C@@H]1[C@@H](OC)[C@@H](OC)[C@H](O/N=C/c2ccc(-c3ncn(-c4ccc(C)cc4)n3)cc2)O[C@H]1C. The first kappa shape index (κ1) is 26.0. The Morgan fingerprint density at radius 2 is 1.72 bits per heavy atom. The molecule has 1 aromatic heterocycles. The van der Waals surface area contributed by atoms with E-state index in [1.165, 1.54) is 5.56 Å². The van der Waals surface area contributed by atoms with Crippen LogP contribution in [0.3, 0.4) is 0 Å². The van der Waals surface area contributed by atoms with E-state index < -0.39 is 12.4 Å². The highest BCUT2D eigenvalue weighted by atomic mass is 16.8. The van der Waals surface area contributed by atoms with Crippen molar-refractivity contribution in [3.05, 3.63) is 66.0 Å². The van der Waals surface area contributed by atoms with Crippen molar-refractivity contribution in [3.63, 3.8) is 0 Å². The molecule has 2 heterocycles. The number of ether oxygens (including phenoxy) is 4. The summed E-state index contributed by atoms with van der Waals surface area (Å²) >= 11 is 0. The van der Waals surface area contributed by atoms with Crippen LogP contribution in [-0.2, 0) is 23.8 Å². The molecule has 0 aliphatic carbocycles. The summed E-state index contributed by atoms with van der Waals surface area (Å²) in [7, 11) is 3.23. The van der Waals surface area contributed by atoms with Crippen LogP contribution in [0.4, 0.5) is 0 Å². The highest BCUT2D eigenvalue weighted by Gasteiger charge is 2.47. The third-order valence-electron chi connectivity index (χ3n) is 6.11. The number of aromatic nitrogens is 3. The molecule has 1 saturated heterocycles. The number of hydrogen-bond donors (Lipinski definition) is 0. The molecule has 192 valence electrons. The van der Waals surface area contributed by atoms with Crippen molar-refractivity contribution in [1.82, 2.24) is 14.8 Å². The topological polar surface area (TPSA) is 89.2 Å². The summed E-state index contributed by atoms with van der Waals surface area (Å²) in [6.45, 7) is 6.67. The summed E-state index contributed by atoms with van der Waals surface area (Å²) in [5.41, 5.74) is 3.94. The fraction of sp³-hybridized carbons (Fsp3) is 0.444. The van der Waals surface area contributed by atoms with E-state index in [-0.39, 0.29) is 18.3 Å². The van der Waals surface area contributed by atoms with E-state index in [0.717, 1.165) is 23.2 Å². The van der Waals surface area contributed by atoms with Crippen molar-refractivity contribution in [2.75, 3.05) is 20.8 Å². The fourth-order valence-electron chi connectivity index (χ4n) is 4.14. The predicted molar refractivity (Wildman–Crippen MR) is 136 cm³/mol. The van der Waals surface area contributed by atoms with Gasteiger partial charge in [0.15, 0.2) is 11.9 Å². The fourth-order valence-corrected chi connectivity index (χ4v) is 4.14. The van der Waals surface area contributed by atoms with Gasteiger partial charge in [-0.3, -0.25) is 0 Å². The standard InChI is InChI=1S/C27H34N4O5/c1-6-15-34-23-19(3)35-27(25(33-5)24(23)32-4)36-29-16-20-9-11-21(12-10-20)26-28-17-31(30-26)22-13-7-18(2)8-14-22/h7-14,16-17,19,23-25,27H,6,15H2,1-5H3/b29-16+/t19-,23-,24+,25+,27-/m0/s1. The van der Waals surface area contributed by atoms with E-state index in [1.807, 2.05) is 43.3 Å². The molecule has 2 aromatic carbocycles. The number of nitrogens with zero attached hydrogens (tertiary/aromatic N) is 4. The summed E-state index contributed by atoms with van der Waals surface area (Å²) in [4.78, 5) is 10.1. The quantitative estimate of drug-likeness (QED) is 0.309. The van der Waals surface area contributed by atoms with Crippen LogP contribution >= 0.6 is 0 Å². The first-order valence-corrected chi connectivity index (χ1v) is 12.1. The maximum Gasteiger partial charge on any atom is 0.256 e. The molecule has 0 saturated carbocycles. The van der Waals surface area contributed by atoms with E-state index in [9.17, 15) is 0 Å². The molecule has 0 bridgehead atoms. The maximum atomic E-state index is 6.01. The minimum absolute atomic E-state index is 0.236. The van der Waals surface area contributed by atoms with Crippen LogP contribution in [-0.4, -0.2) is 72.5 Å². The maximum absolute atomic E-state index is 6.01. The van der Waals surface area contributed by atoms with E-state index in [0.29, 0.717) is 12.4 Å². The highest BCUT2D eigenvalue weighted by molar-refractivity contribution is 5.80. The summed E-state index contributed by atoms with van der Waals surface area (Å²) in [6, 6.07) is 15.9. The zero-order chi connectivity index (χ0) is 25.5. The highest BCUT2D eigenvalue weighted by Crippen LogP contribution is 2.28. The number of oxime groups is 1. The van der Waals surface area contributed by atoms with Crippen LogP contribution in [0.2, 0.25) is 0 Å². The lowest BCUT2D eigenvalue weighted by atomic mass is 9.99. The predicted octanol–water partition coefficient (Wildman–Crippen LogP) is 4.16. The molecule has 1 aliphatic rings. The second kappa shape index (κ2) is 12.2. The molecule has 0 spiro atoms. The van der Waals surface area contributed by atoms with Gasteiger partial charge in [-0.2, -0.15) is 0 Å². The van der Waals surface area contributed by atoms with Crippen LogP contribution in [0.5, 0.6) is 0 Å². The molecule has 36 heavy (non-hydrogen) atoms. The number of aryl methyl sites for hydroxylation is 1. The lowest BCUT2D eigenvalue weighted by Gasteiger charge is -2.42. The average Bonchev–Trinajstić information content (AvgIpc) is 3.39. The Labute approximate surface area is 212 Å². The number of hydrogen-bond acceptors (Lipinski definition) is 8. The van der Waals surface area contributed by atoms with Gasteiger partial charge in [0.2, 0.25) is 0 Å². The molecule has 3 aromatic rings. The van der Waals surface area contributed by atoms with Crippen molar-refractivity contribution < 1.29 is 23.8 Å². The minimum atomic E-state index is -0.720. The Hall–Kier alpha value is -3.11. The number of benzene rings is 2. The zero-order valence-electron chi connectivity index (χ0n) is 21.4. The Bertz CT molecular complexity index is 1120. The van der Waals surface area contributed by atoms with Crippen LogP contribution < -0.4 is 0 Å². The molecular weight excluding hydrogens is 460 g/mol. The zero-order valence-corrected chi connectivity index (χ0v) is 21.4. The molecule has 9 heteroatoms. The van der Waals surface area contributed by atoms with Crippen LogP contribution in [0, 0.1) is 6.92 Å². The summed E-state index contributed by atoms with van der Waals surface area (Å²) in [5.74, 6) is 0.647. The van der Waals surface area contributed by atoms with E-state index in [4.69, 9.17) is 23.8 Å². The van der Waals surface area contributed by atoms with E-state index in [1.54, 1.807) is 31.4 Å². The lowest BCUT2D eigenvalue weighted by Crippen LogP contribution is -2.59. The molecule has 9 nitrogen and oxygen atoms in total. The van der Waals surface area contributed by atoms with Gasteiger partial charge >= 0.3 is 0 Å². The van der Waals surface area contributed by atoms with Crippen LogP contribution in [0.15, 0.2) is 60.0 Å². The van der Waals surface area contributed by atoms with Gasteiger partial charge in [0, 0.05) is 26.4 Å². The molecule has 0 unspecified atom stereocenters. The van der Waals surface area contributed by atoms with Crippen LogP contribution in [0.1, 0.15) is 31.4 Å². The third kappa shape index (κ3) is 5.99. The van der Waals surface area contributed by atoms with Gasteiger partial charge in [-0.1, -0.05) is 54.0 Å². The number of methoxy groups -OCH3 is 2. The van der Waals surface area contributed by atoms with Crippen molar-refractivity contribution >= 4 is 6.21 Å². The second-order valence-electron chi connectivity index (χ2n) is 8.76. The molecular formula is C27H34N4O5. The molecule has 5 atom stereocenters. The Balaban J connectivity index is 1.38. The van der Waals surface area contributed by atoms with Gasteiger partial charge in [0.25, 0.3) is 6.29 Å². The van der Waals surface area contributed by atoms with Gasteiger partial charge in [-0.05, 0) is 38.0 Å². The number of rotatable bonds is 10. The Morgan fingerprint density at radius 1 is 1.00 bits per heavy atom. The largest absolute Gasteiger partial charge is 0.376 e. The Morgan fingerprint density at radius 3 is 2.39 bits per heavy atom. The average molecular weight is 495 g/mol. The molecule has 4 rings (SSSR count).